The van der Waals surface area contributed by atoms with E-state index in [1.165, 1.54) is 25.3 Å². The number of allylic oxidation sites excluding steroid dienone is 1. The molecule has 2 aromatic rings. The van der Waals surface area contributed by atoms with E-state index in [4.69, 9.17) is 4.42 Å². The Morgan fingerprint density at radius 3 is 2.64 bits per heavy atom. The highest BCUT2D eigenvalue weighted by atomic mass is 32.2. The van der Waals surface area contributed by atoms with Crippen LogP contribution in [-0.4, -0.2) is 33.0 Å². The maximum absolute atomic E-state index is 12.3. The van der Waals surface area contributed by atoms with Crippen LogP contribution in [0.2, 0.25) is 0 Å². The van der Waals surface area contributed by atoms with E-state index in [0.717, 1.165) is 0 Å². The summed E-state index contributed by atoms with van der Waals surface area (Å²) in [5.74, 6) is -1.48. The summed E-state index contributed by atoms with van der Waals surface area (Å²) in [6.07, 6.45) is 1.41. The normalized spacial score (nSPS) is 18.4. The highest BCUT2D eigenvalue weighted by Crippen LogP contribution is 2.24. The number of benzene rings is 1. The zero-order chi connectivity index (χ0) is 20.3. The van der Waals surface area contributed by atoms with Gasteiger partial charge in [0.1, 0.15) is 17.2 Å². The zero-order valence-corrected chi connectivity index (χ0v) is 16.0. The molecule has 1 atom stereocenters. The third kappa shape index (κ3) is 4.10. The van der Waals surface area contributed by atoms with Crippen molar-refractivity contribution in [3.05, 3.63) is 59.7 Å². The van der Waals surface area contributed by atoms with Gasteiger partial charge in [0.2, 0.25) is 15.8 Å². The maximum atomic E-state index is 12.3. The minimum Gasteiger partial charge on any atom is -0.468 e. The van der Waals surface area contributed by atoms with Crippen molar-refractivity contribution < 1.29 is 27.2 Å². The molecule has 28 heavy (non-hydrogen) atoms. The highest BCUT2D eigenvalue weighted by molar-refractivity contribution is 7.89. The van der Waals surface area contributed by atoms with E-state index in [0.29, 0.717) is 17.2 Å². The minimum atomic E-state index is -3.66. The number of methoxy groups -OCH3 is 1. The first kappa shape index (κ1) is 19.7. The van der Waals surface area contributed by atoms with Gasteiger partial charge in [-0.15, -0.1) is 0 Å². The molecule has 1 aliphatic rings. The first-order valence-corrected chi connectivity index (χ1v) is 9.82. The topological polar surface area (TPSA) is 115 Å². The first-order chi connectivity index (χ1) is 13.3. The molecule has 0 radical (unpaired) electrons. The van der Waals surface area contributed by atoms with Crippen molar-refractivity contribution in [1.82, 2.24) is 4.72 Å². The number of hydrogen-bond donors (Lipinski definition) is 1. The fraction of sp³-hybridized carbons (Fsp3) is 0.211. The molecule has 1 N–H and O–H groups in total. The van der Waals surface area contributed by atoms with Crippen LogP contribution in [0.5, 0.6) is 0 Å². The lowest BCUT2D eigenvalue weighted by molar-refractivity contribution is -0.145. The van der Waals surface area contributed by atoms with Gasteiger partial charge in [-0.2, -0.15) is 0 Å². The summed E-state index contributed by atoms with van der Waals surface area (Å²) in [5.41, 5.74) is 0.434. The average Bonchev–Trinajstić information content (AvgIpc) is 3.24. The molecule has 0 fully saturated rings. The van der Waals surface area contributed by atoms with Gasteiger partial charge in [-0.3, -0.25) is 14.6 Å². The number of furan rings is 1. The molecule has 1 unspecified atom stereocenters. The van der Waals surface area contributed by atoms with Gasteiger partial charge in [0, 0.05) is 11.8 Å². The third-order valence-electron chi connectivity index (χ3n) is 4.12. The molecule has 1 aromatic heterocycles. The van der Waals surface area contributed by atoms with Gasteiger partial charge >= 0.3 is 5.97 Å². The number of Topliss-reactive ketones (excluding diaryl/α,β-unsaturated/α-hetero) is 1. The van der Waals surface area contributed by atoms with Gasteiger partial charge in [-0.05, 0) is 31.2 Å². The molecular formula is C19H18N2O6S. The second-order valence-corrected chi connectivity index (χ2v) is 7.81. The maximum Gasteiger partial charge on any atom is 0.322 e. The molecule has 2 heterocycles. The van der Waals surface area contributed by atoms with Crippen molar-refractivity contribution in [2.24, 2.45) is 10.9 Å². The van der Waals surface area contributed by atoms with E-state index in [2.05, 4.69) is 14.5 Å². The number of carbonyl (C=O) groups is 2. The third-order valence-corrected chi connectivity index (χ3v) is 5.53. The molecule has 8 nitrogen and oxygen atoms in total. The number of rotatable bonds is 6. The van der Waals surface area contributed by atoms with E-state index in [-0.39, 0.29) is 17.1 Å². The summed E-state index contributed by atoms with van der Waals surface area (Å²) in [4.78, 5) is 28.3. The smallest absolute Gasteiger partial charge is 0.322 e. The van der Waals surface area contributed by atoms with Crippen molar-refractivity contribution in [3.63, 3.8) is 0 Å². The standard InChI is InChI=1S/C19H18N2O6S/c1-12-17(19(23)26-2)18(22)16(21-12)10-13-8-9-14(27-13)11-20-28(24,25)15-6-4-3-5-7-15/h3-10,17,20H,11H2,1-2H3/b16-10+. The molecule has 146 valence electrons. The zero-order valence-electron chi connectivity index (χ0n) is 15.2. The largest absolute Gasteiger partial charge is 0.468 e. The SMILES string of the molecule is COC(=O)C1C(=O)/C(=C\c2ccc(CNS(=O)(=O)c3ccccc3)o2)N=C1C. The predicted octanol–water partition coefficient (Wildman–Crippen LogP) is 1.93. The van der Waals surface area contributed by atoms with E-state index < -0.39 is 27.7 Å². The van der Waals surface area contributed by atoms with E-state index >= 15 is 0 Å². The lowest BCUT2D eigenvalue weighted by Crippen LogP contribution is -2.27. The Kier molecular flexibility index (Phi) is 5.57. The van der Waals surface area contributed by atoms with E-state index in [1.54, 1.807) is 37.3 Å². The number of nitrogens with zero attached hydrogens (tertiary/aromatic N) is 1. The van der Waals surface area contributed by atoms with Crippen LogP contribution in [0, 0.1) is 5.92 Å². The summed E-state index contributed by atoms with van der Waals surface area (Å²) in [7, 11) is -2.45. The summed E-state index contributed by atoms with van der Waals surface area (Å²) < 4.78 is 37.1. The molecule has 0 aliphatic carbocycles. The lowest BCUT2D eigenvalue weighted by atomic mass is 10.0. The van der Waals surface area contributed by atoms with Gasteiger partial charge in [-0.25, -0.2) is 13.1 Å². The molecular weight excluding hydrogens is 384 g/mol. The highest BCUT2D eigenvalue weighted by Gasteiger charge is 2.37. The van der Waals surface area contributed by atoms with Crippen LogP contribution in [0.3, 0.4) is 0 Å². The fourth-order valence-corrected chi connectivity index (χ4v) is 3.71. The molecule has 3 rings (SSSR count). The Hall–Kier alpha value is -3.04. The van der Waals surface area contributed by atoms with Crippen molar-refractivity contribution in [3.8, 4) is 0 Å². The Morgan fingerprint density at radius 1 is 1.25 bits per heavy atom. The molecule has 0 amide bonds. The molecule has 0 bridgehead atoms. The number of nitrogens with one attached hydrogen (secondary N) is 1. The molecule has 1 aromatic carbocycles. The van der Waals surface area contributed by atoms with Gasteiger partial charge in [0.15, 0.2) is 5.92 Å². The predicted molar refractivity (Wildman–Crippen MR) is 101 cm³/mol. The number of hydrogen-bond acceptors (Lipinski definition) is 7. The summed E-state index contributed by atoms with van der Waals surface area (Å²) in [6, 6.07) is 11.2. The number of carbonyl (C=O) groups excluding carboxylic acids is 2. The second-order valence-electron chi connectivity index (χ2n) is 6.04. The fourth-order valence-electron chi connectivity index (χ4n) is 2.70. The molecule has 0 saturated heterocycles. The quantitative estimate of drug-likeness (QED) is 0.448. The summed E-state index contributed by atoms with van der Waals surface area (Å²) in [5, 5.41) is 0. The van der Waals surface area contributed by atoms with Crippen LogP contribution in [0.1, 0.15) is 18.4 Å². The average molecular weight is 402 g/mol. The molecule has 0 spiro atoms. The van der Waals surface area contributed by atoms with Crippen LogP contribution in [0.15, 0.2) is 62.5 Å². The Bertz CT molecular complexity index is 1070. The van der Waals surface area contributed by atoms with Gasteiger partial charge in [0.05, 0.1) is 18.6 Å². The first-order valence-electron chi connectivity index (χ1n) is 8.34. The molecule has 9 heteroatoms. The van der Waals surface area contributed by atoms with Gasteiger partial charge < -0.3 is 9.15 Å². The van der Waals surface area contributed by atoms with Crippen molar-refractivity contribution in [1.29, 1.82) is 0 Å². The van der Waals surface area contributed by atoms with E-state index in [1.807, 2.05) is 0 Å². The number of sulfonamides is 1. The number of ketones is 1. The molecule has 1 aliphatic heterocycles. The van der Waals surface area contributed by atoms with Gasteiger partial charge in [0.25, 0.3) is 0 Å². The Morgan fingerprint density at radius 2 is 1.96 bits per heavy atom. The monoisotopic (exact) mass is 402 g/mol. The number of esters is 1. The van der Waals surface area contributed by atoms with Crippen LogP contribution >= 0.6 is 0 Å². The van der Waals surface area contributed by atoms with Gasteiger partial charge in [-0.1, -0.05) is 18.2 Å². The number of ether oxygens (including phenoxy) is 1. The minimum absolute atomic E-state index is 0.0541. The lowest BCUT2D eigenvalue weighted by Gasteiger charge is -2.05. The van der Waals surface area contributed by atoms with Crippen molar-refractivity contribution >= 4 is 33.6 Å². The molecule has 0 saturated carbocycles. The van der Waals surface area contributed by atoms with Crippen molar-refractivity contribution in [2.75, 3.05) is 7.11 Å². The van der Waals surface area contributed by atoms with Crippen LogP contribution in [-0.2, 0) is 30.9 Å². The summed E-state index contributed by atoms with van der Waals surface area (Å²) >= 11 is 0. The van der Waals surface area contributed by atoms with E-state index in [9.17, 15) is 18.0 Å². The van der Waals surface area contributed by atoms with Crippen LogP contribution < -0.4 is 4.72 Å². The second kappa shape index (κ2) is 7.91. The Balaban J connectivity index is 1.71. The Labute approximate surface area is 162 Å². The van der Waals surface area contributed by atoms with Crippen LogP contribution in [0.4, 0.5) is 0 Å². The number of aliphatic imine (C=N–C) groups is 1. The summed E-state index contributed by atoms with van der Waals surface area (Å²) in [6.45, 7) is 1.52. The van der Waals surface area contributed by atoms with Crippen LogP contribution in [0.25, 0.3) is 6.08 Å². The van der Waals surface area contributed by atoms with Crippen molar-refractivity contribution in [2.45, 2.75) is 18.4 Å².